The molecule has 40 heavy (non-hydrogen) atoms. The first-order valence-electron chi connectivity index (χ1n) is 11.3. The summed E-state index contributed by atoms with van der Waals surface area (Å²) in [6.45, 7) is 1.87. The molecule has 11 nitrogen and oxygen atoms in total. The number of aryl methyl sites for hydroxylation is 1. The first-order chi connectivity index (χ1) is 19.3. The van der Waals surface area contributed by atoms with Crippen LogP contribution in [0.15, 0.2) is 94.8 Å². The monoisotopic (exact) mass is 644 g/mol. The number of para-hydroxylation sites is 2. The van der Waals surface area contributed by atoms with Crippen LogP contribution in [0.3, 0.4) is 0 Å². The van der Waals surface area contributed by atoms with Crippen LogP contribution in [-0.4, -0.2) is 49.0 Å². The number of benzene rings is 2. The number of fused-ring (bicyclic) bond motifs is 2. The Kier molecular flexibility index (Phi) is 9.07. The van der Waals surface area contributed by atoms with Gasteiger partial charge in [-0.3, -0.25) is 13.9 Å². The summed E-state index contributed by atoms with van der Waals surface area (Å²) in [6.07, 6.45) is 3.48. The SMILES string of the molecule is Cc1cc2ncc(Cl)n2c(=O)n1-c1ccccc1.O=Cc1cc2ncc(Cl)n2c(=O)n1-c1ccccc1.O=[Se]=O. The number of aromatic nitrogens is 6. The van der Waals surface area contributed by atoms with Gasteiger partial charge in [-0.1, -0.05) is 59.6 Å². The van der Waals surface area contributed by atoms with E-state index in [0.717, 1.165) is 11.4 Å². The standard InChI is InChI=1S/C13H8ClN3O2.C13H10ClN3O.O2Se/c14-11-7-15-12-6-10(8-18)16(13(19)17(11)12)9-4-2-1-3-5-9;1-9-7-12-15-8-11(14)17(12)13(18)16(9)10-5-3-2-4-6-10;1-3-2/h1-8H;2-8H,1H3;. The van der Waals surface area contributed by atoms with Crippen molar-refractivity contribution >= 4 is 55.6 Å². The van der Waals surface area contributed by atoms with Gasteiger partial charge in [-0.15, -0.1) is 0 Å². The molecule has 0 saturated heterocycles. The van der Waals surface area contributed by atoms with Gasteiger partial charge in [0.15, 0.2) is 6.29 Å². The van der Waals surface area contributed by atoms with E-state index in [4.69, 9.17) is 30.9 Å². The zero-order valence-electron chi connectivity index (χ0n) is 20.5. The minimum atomic E-state index is -1.62. The van der Waals surface area contributed by atoms with E-state index in [9.17, 15) is 14.4 Å². The molecule has 0 aliphatic rings. The molecule has 0 radical (unpaired) electrons. The topological polar surface area (TPSA) is 130 Å². The van der Waals surface area contributed by atoms with Crippen molar-refractivity contribution < 1.29 is 12.5 Å². The number of imidazole rings is 2. The number of carbonyl (C=O) groups excluding carboxylic acids is 1. The van der Waals surface area contributed by atoms with Crippen LogP contribution in [0.25, 0.3) is 22.7 Å². The molecule has 0 saturated carbocycles. The van der Waals surface area contributed by atoms with Crippen molar-refractivity contribution in [2.75, 3.05) is 0 Å². The molecule has 202 valence electrons. The fourth-order valence-electron chi connectivity index (χ4n) is 3.99. The molecule has 6 rings (SSSR count). The molecule has 14 heteroatoms. The molecule has 0 aliphatic carbocycles. The van der Waals surface area contributed by atoms with Crippen LogP contribution >= 0.6 is 23.2 Å². The van der Waals surface area contributed by atoms with Crippen LogP contribution in [0.5, 0.6) is 0 Å². The summed E-state index contributed by atoms with van der Waals surface area (Å²) in [6, 6.07) is 21.7. The summed E-state index contributed by atoms with van der Waals surface area (Å²) < 4.78 is 22.4. The maximum atomic E-state index is 12.4. The molecule has 0 unspecified atom stereocenters. The van der Waals surface area contributed by atoms with Gasteiger partial charge in [-0.05, 0) is 31.2 Å². The Morgan fingerprint density at radius 1 is 0.725 bits per heavy atom. The van der Waals surface area contributed by atoms with E-state index in [1.54, 1.807) is 28.8 Å². The molecule has 6 aromatic rings. The molecular formula is C26H18Cl2N6O5Se. The van der Waals surface area contributed by atoms with Crippen molar-refractivity contribution in [2.45, 2.75) is 6.92 Å². The number of hydrogen-bond donors (Lipinski definition) is 0. The van der Waals surface area contributed by atoms with Crippen molar-refractivity contribution in [2.24, 2.45) is 0 Å². The Hall–Kier alpha value is -4.35. The van der Waals surface area contributed by atoms with Crippen LogP contribution in [0.2, 0.25) is 10.3 Å². The second-order valence-corrected chi connectivity index (χ2v) is 9.06. The van der Waals surface area contributed by atoms with E-state index in [0.29, 0.717) is 28.4 Å². The van der Waals surface area contributed by atoms with Crippen molar-refractivity contribution in [1.82, 2.24) is 27.9 Å². The molecule has 0 aliphatic heterocycles. The number of hydrogen-bond acceptors (Lipinski definition) is 7. The van der Waals surface area contributed by atoms with E-state index in [2.05, 4.69) is 9.97 Å². The van der Waals surface area contributed by atoms with Gasteiger partial charge in [0.05, 0.1) is 29.5 Å². The van der Waals surface area contributed by atoms with Crippen LogP contribution in [0, 0.1) is 6.92 Å². The molecule has 0 amide bonds. The first-order valence-corrected chi connectivity index (χ1v) is 13.5. The molecule has 0 fully saturated rings. The Morgan fingerprint density at radius 2 is 1.15 bits per heavy atom. The van der Waals surface area contributed by atoms with E-state index in [-0.39, 0.29) is 16.5 Å². The number of halogens is 2. The van der Waals surface area contributed by atoms with Gasteiger partial charge in [-0.2, -0.15) is 0 Å². The number of nitrogens with zero attached hydrogens (tertiary/aromatic N) is 6. The average molecular weight is 644 g/mol. The predicted molar refractivity (Wildman–Crippen MR) is 149 cm³/mol. The number of aldehydes is 1. The summed E-state index contributed by atoms with van der Waals surface area (Å²) in [5.41, 5.74) is 2.74. The normalized spacial score (nSPS) is 10.4. The third-order valence-corrected chi connectivity index (χ3v) is 6.17. The molecule has 2 aromatic carbocycles. The van der Waals surface area contributed by atoms with Gasteiger partial charge in [0.1, 0.15) is 21.6 Å². The fraction of sp³-hybridized carbons (Fsp3) is 0.0385. The summed E-state index contributed by atoms with van der Waals surface area (Å²) in [4.78, 5) is 44.1. The van der Waals surface area contributed by atoms with Crippen molar-refractivity contribution in [3.63, 3.8) is 0 Å². The Bertz CT molecular complexity index is 1980. The van der Waals surface area contributed by atoms with Crippen LogP contribution < -0.4 is 11.4 Å². The second kappa shape index (κ2) is 12.7. The molecule has 0 spiro atoms. The summed E-state index contributed by atoms with van der Waals surface area (Å²) in [5.74, 6) is 0. The van der Waals surface area contributed by atoms with Crippen molar-refractivity contribution in [3.05, 3.63) is 128 Å². The Morgan fingerprint density at radius 3 is 1.62 bits per heavy atom. The van der Waals surface area contributed by atoms with Crippen LogP contribution in [0.1, 0.15) is 16.2 Å². The quantitative estimate of drug-likeness (QED) is 0.212. The molecule has 0 N–H and O–H groups in total. The van der Waals surface area contributed by atoms with E-state index in [1.165, 1.54) is 31.8 Å². The molecule has 0 atom stereocenters. The van der Waals surface area contributed by atoms with Crippen LogP contribution in [-0.2, 0) is 7.67 Å². The van der Waals surface area contributed by atoms with E-state index in [1.807, 2.05) is 49.4 Å². The molecule has 4 aromatic heterocycles. The van der Waals surface area contributed by atoms with Crippen molar-refractivity contribution in [3.8, 4) is 11.4 Å². The maximum absolute atomic E-state index is 12.4. The molecule has 0 bridgehead atoms. The Balaban J connectivity index is 0.000000169. The van der Waals surface area contributed by atoms with Gasteiger partial charge < -0.3 is 0 Å². The number of carbonyl (C=O) groups is 1. The number of rotatable bonds is 3. The second-order valence-electron chi connectivity index (χ2n) is 8.00. The average Bonchev–Trinajstić information content (AvgIpc) is 3.52. The third-order valence-electron chi connectivity index (χ3n) is 5.63. The molecule has 4 heterocycles. The van der Waals surface area contributed by atoms with E-state index >= 15 is 0 Å². The zero-order chi connectivity index (χ0) is 28.8. The van der Waals surface area contributed by atoms with E-state index < -0.39 is 20.5 Å². The zero-order valence-corrected chi connectivity index (χ0v) is 23.8. The van der Waals surface area contributed by atoms with Crippen LogP contribution in [0.4, 0.5) is 0 Å². The third kappa shape index (κ3) is 5.65. The first kappa shape index (κ1) is 28.7. The predicted octanol–water partition coefficient (Wildman–Crippen LogP) is 3.78. The molecular weight excluding hydrogens is 626 g/mol. The summed E-state index contributed by atoms with van der Waals surface area (Å²) in [7, 11) is 0. The minimum absolute atomic E-state index is 0.210. The van der Waals surface area contributed by atoms with Gasteiger partial charge >= 0.3 is 33.9 Å². The van der Waals surface area contributed by atoms with Gasteiger partial charge in [0.25, 0.3) is 0 Å². The fourth-order valence-corrected chi connectivity index (χ4v) is 4.41. The summed E-state index contributed by atoms with van der Waals surface area (Å²) in [5, 5.41) is 0.529. The van der Waals surface area contributed by atoms with Gasteiger partial charge in [-0.25, -0.2) is 28.4 Å². The summed E-state index contributed by atoms with van der Waals surface area (Å²) >= 11 is 10.3. The Labute approximate surface area is 241 Å². The van der Waals surface area contributed by atoms with Crippen molar-refractivity contribution in [1.29, 1.82) is 0 Å². The van der Waals surface area contributed by atoms with Gasteiger partial charge in [0, 0.05) is 17.8 Å². The van der Waals surface area contributed by atoms with Gasteiger partial charge in [0.2, 0.25) is 0 Å².